The molecule has 2 aliphatic rings. The number of ether oxygens (including phenoxy) is 1. The van der Waals surface area contributed by atoms with E-state index in [0.29, 0.717) is 18.2 Å². The summed E-state index contributed by atoms with van der Waals surface area (Å²) in [4.78, 5) is 28.4. The molecule has 3 atom stereocenters. The van der Waals surface area contributed by atoms with Gasteiger partial charge in [0.25, 0.3) is 5.91 Å². The van der Waals surface area contributed by atoms with E-state index in [9.17, 15) is 19.8 Å². The number of nitrogens with zero attached hydrogens (tertiary/aromatic N) is 1. The number of rotatable bonds is 5. The maximum absolute atomic E-state index is 13.4. The summed E-state index contributed by atoms with van der Waals surface area (Å²) in [5.74, 6) is -0.928. The number of aliphatic hydroxyl groups excluding tert-OH is 1. The van der Waals surface area contributed by atoms with Crippen molar-refractivity contribution in [2.75, 3.05) is 11.5 Å². The normalized spacial score (nSPS) is 25.3. The lowest BCUT2D eigenvalue weighted by molar-refractivity contribution is -0.139. The second kappa shape index (κ2) is 8.74. The number of carboxylic acid groups (broad SMARTS) is 1. The van der Waals surface area contributed by atoms with Crippen molar-refractivity contribution in [2.45, 2.75) is 89.9 Å². The average molecular weight is 424 g/mol. The van der Waals surface area contributed by atoms with Crippen LogP contribution in [-0.2, 0) is 14.9 Å². The lowest BCUT2D eigenvalue weighted by Crippen LogP contribution is -2.57. The SMILES string of the molecule is C[C@H](O)C[C@H]1OCC(C2CCCCC2)N(c2cc(C(C)(C)C)sc2C(=O)O)C1=O. The average Bonchev–Trinajstić information content (AvgIpc) is 3.09. The summed E-state index contributed by atoms with van der Waals surface area (Å²) in [6, 6.07) is 1.72. The van der Waals surface area contributed by atoms with Gasteiger partial charge in [-0.25, -0.2) is 4.79 Å². The van der Waals surface area contributed by atoms with Gasteiger partial charge in [-0.3, -0.25) is 4.79 Å². The highest BCUT2D eigenvalue weighted by molar-refractivity contribution is 7.14. The van der Waals surface area contributed by atoms with Crippen LogP contribution in [-0.4, -0.2) is 46.9 Å². The molecule has 0 bridgehead atoms. The highest BCUT2D eigenvalue weighted by Crippen LogP contribution is 2.42. The Bertz CT molecular complexity index is 745. The van der Waals surface area contributed by atoms with Crippen molar-refractivity contribution in [1.29, 1.82) is 0 Å². The second-order valence-corrected chi connectivity index (χ2v) is 10.5. The molecule has 1 saturated carbocycles. The molecule has 29 heavy (non-hydrogen) atoms. The minimum absolute atomic E-state index is 0.159. The highest BCUT2D eigenvalue weighted by Gasteiger charge is 2.43. The number of carbonyl (C=O) groups is 2. The van der Waals surface area contributed by atoms with E-state index >= 15 is 0 Å². The molecule has 0 radical (unpaired) electrons. The van der Waals surface area contributed by atoms with Crippen molar-refractivity contribution in [3.63, 3.8) is 0 Å². The number of aliphatic hydroxyl groups is 1. The van der Waals surface area contributed by atoms with Gasteiger partial charge >= 0.3 is 5.97 Å². The van der Waals surface area contributed by atoms with Gasteiger partial charge in [-0.2, -0.15) is 0 Å². The van der Waals surface area contributed by atoms with E-state index in [2.05, 4.69) is 0 Å². The quantitative estimate of drug-likeness (QED) is 0.741. The second-order valence-electron chi connectivity index (χ2n) is 9.46. The zero-order chi connectivity index (χ0) is 21.3. The van der Waals surface area contributed by atoms with E-state index in [1.54, 1.807) is 11.8 Å². The van der Waals surface area contributed by atoms with E-state index in [1.165, 1.54) is 17.8 Å². The standard InChI is InChI=1S/C22H33NO5S/c1-13(24)10-17-20(25)23(16(12-28-17)14-8-6-5-7-9-14)15-11-18(22(2,3)4)29-19(15)21(26)27/h11,13-14,16-17,24H,5-10,12H2,1-4H3,(H,26,27)/t13-,16?,17+/m0/s1. The van der Waals surface area contributed by atoms with Crippen LogP contribution in [0.15, 0.2) is 6.07 Å². The first kappa shape index (κ1) is 22.2. The van der Waals surface area contributed by atoms with Gasteiger partial charge in [0.05, 0.1) is 24.4 Å². The van der Waals surface area contributed by atoms with Gasteiger partial charge < -0.3 is 19.8 Å². The zero-order valence-electron chi connectivity index (χ0n) is 17.8. The van der Waals surface area contributed by atoms with Crippen LogP contribution in [0.1, 0.15) is 80.8 Å². The number of aromatic carboxylic acids is 1. The summed E-state index contributed by atoms with van der Waals surface area (Å²) in [6.07, 6.45) is 4.32. The van der Waals surface area contributed by atoms with Crippen LogP contribution in [0, 0.1) is 5.92 Å². The van der Waals surface area contributed by atoms with Gasteiger partial charge in [-0.05, 0) is 37.2 Å². The number of morpholine rings is 1. The molecule has 6 nitrogen and oxygen atoms in total. The van der Waals surface area contributed by atoms with Crippen LogP contribution in [0.3, 0.4) is 0 Å². The first-order chi connectivity index (χ1) is 13.6. The number of carboxylic acids is 1. The van der Waals surface area contributed by atoms with E-state index in [1.807, 2.05) is 26.8 Å². The van der Waals surface area contributed by atoms with Gasteiger partial charge in [0, 0.05) is 11.3 Å². The number of anilines is 1. The number of amides is 1. The zero-order valence-corrected chi connectivity index (χ0v) is 18.6. The molecule has 2 heterocycles. The molecular formula is C22H33NO5S. The Labute approximate surface area is 176 Å². The summed E-state index contributed by atoms with van der Waals surface area (Å²) in [7, 11) is 0. The summed E-state index contributed by atoms with van der Waals surface area (Å²) < 4.78 is 5.90. The van der Waals surface area contributed by atoms with Crippen molar-refractivity contribution >= 4 is 28.9 Å². The van der Waals surface area contributed by atoms with Gasteiger partial charge in [0.2, 0.25) is 0 Å². The maximum atomic E-state index is 13.4. The molecular weight excluding hydrogens is 390 g/mol. The van der Waals surface area contributed by atoms with Crippen LogP contribution in [0.5, 0.6) is 0 Å². The maximum Gasteiger partial charge on any atom is 0.348 e. The monoisotopic (exact) mass is 423 g/mol. The van der Waals surface area contributed by atoms with Gasteiger partial charge in [0.1, 0.15) is 11.0 Å². The van der Waals surface area contributed by atoms with E-state index in [4.69, 9.17) is 4.74 Å². The van der Waals surface area contributed by atoms with E-state index in [0.717, 1.165) is 30.6 Å². The number of thiophene rings is 1. The topological polar surface area (TPSA) is 87.1 Å². The molecule has 1 saturated heterocycles. The van der Waals surface area contributed by atoms with Crippen molar-refractivity contribution in [3.8, 4) is 0 Å². The molecule has 1 aliphatic heterocycles. The molecule has 1 aromatic heterocycles. The first-order valence-corrected chi connectivity index (χ1v) is 11.4. The fraction of sp³-hybridized carbons (Fsp3) is 0.727. The van der Waals surface area contributed by atoms with Crippen molar-refractivity contribution in [1.82, 2.24) is 0 Å². The third kappa shape index (κ3) is 4.84. The van der Waals surface area contributed by atoms with Crippen LogP contribution in [0.25, 0.3) is 0 Å². The van der Waals surface area contributed by atoms with Crippen molar-refractivity contribution < 1.29 is 24.5 Å². The molecule has 1 aliphatic carbocycles. The molecule has 0 aromatic carbocycles. The first-order valence-electron chi connectivity index (χ1n) is 10.6. The van der Waals surface area contributed by atoms with Crippen LogP contribution >= 0.6 is 11.3 Å². The summed E-state index contributed by atoms with van der Waals surface area (Å²) in [6.45, 7) is 8.16. The number of hydrogen-bond donors (Lipinski definition) is 2. The Morgan fingerprint density at radius 3 is 2.52 bits per heavy atom. The van der Waals surface area contributed by atoms with Gasteiger partial charge in [-0.1, -0.05) is 40.0 Å². The molecule has 2 fully saturated rings. The van der Waals surface area contributed by atoms with Crippen LogP contribution in [0.4, 0.5) is 5.69 Å². The lowest BCUT2D eigenvalue weighted by Gasteiger charge is -2.44. The third-order valence-electron chi connectivity index (χ3n) is 5.97. The smallest absolute Gasteiger partial charge is 0.348 e. The summed E-state index contributed by atoms with van der Waals surface area (Å²) in [5, 5.41) is 19.7. The predicted octanol–water partition coefficient (Wildman–Crippen LogP) is 4.20. The molecule has 7 heteroatoms. The predicted molar refractivity (Wildman–Crippen MR) is 114 cm³/mol. The highest BCUT2D eigenvalue weighted by atomic mass is 32.1. The Hall–Kier alpha value is -1.44. The molecule has 3 rings (SSSR count). The fourth-order valence-electron chi connectivity index (χ4n) is 4.40. The number of hydrogen-bond acceptors (Lipinski definition) is 5. The van der Waals surface area contributed by atoms with Gasteiger partial charge in [0.15, 0.2) is 0 Å². The Morgan fingerprint density at radius 2 is 1.97 bits per heavy atom. The molecule has 2 N–H and O–H groups in total. The number of carbonyl (C=O) groups excluding carboxylic acids is 1. The minimum atomic E-state index is -1.01. The van der Waals surface area contributed by atoms with E-state index < -0.39 is 18.2 Å². The van der Waals surface area contributed by atoms with Gasteiger partial charge in [-0.15, -0.1) is 11.3 Å². The van der Waals surface area contributed by atoms with Crippen LogP contribution in [0.2, 0.25) is 0 Å². The molecule has 1 amide bonds. The van der Waals surface area contributed by atoms with Crippen LogP contribution < -0.4 is 4.90 Å². The Kier molecular flexibility index (Phi) is 6.70. The Morgan fingerprint density at radius 1 is 1.31 bits per heavy atom. The third-order valence-corrected chi connectivity index (χ3v) is 7.51. The van der Waals surface area contributed by atoms with Crippen molar-refractivity contribution in [2.24, 2.45) is 5.92 Å². The fourth-order valence-corrected chi connectivity index (χ4v) is 5.45. The minimum Gasteiger partial charge on any atom is -0.477 e. The lowest BCUT2D eigenvalue weighted by atomic mass is 9.82. The largest absolute Gasteiger partial charge is 0.477 e. The molecule has 1 unspecified atom stereocenters. The van der Waals surface area contributed by atoms with Crippen molar-refractivity contribution in [3.05, 3.63) is 15.8 Å². The molecule has 162 valence electrons. The summed E-state index contributed by atoms with van der Waals surface area (Å²) >= 11 is 1.25. The van der Waals surface area contributed by atoms with E-state index in [-0.39, 0.29) is 28.7 Å². The Balaban J connectivity index is 2.04. The molecule has 1 aromatic rings. The molecule has 0 spiro atoms. The summed E-state index contributed by atoms with van der Waals surface area (Å²) in [5.41, 5.74) is 0.286.